The van der Waals surface area contributed by atoms with Crippen molar-refractivity contribution in [1.29, 1.82) is 0 Å². The number of ether oxygens (including phenoxy) is 1. The molecule has 5 nitrogen and oxygen atoms in total. The third-order valence-electron chi connectivity index (χ3n) is 4.31. The molecule has 0 saturated carbocycles. The van der Waals surface area contributed by atoms with Gasteiger partial charge in [0.05, 0.1) is 18.9 Å². The molecule has 8 heteroatoms. The second-order valence-corrected chi connectivity index (χ2v) is 7.00. The molecule has 0 radical (unpaired) electrons. The van der Waals surface area contributed by atoms with Crippen molar-refractivity contribution in [2.24, 2.45) is 0 Å². The fourth-order valence-electron chi connectivity index (χ4n) is 2.93. The molecule has 1 saturated heterocycles. The molecule has 4 rings (SSSR count). The molecule has 0 N–H and O–H groups in total. The van der Waals surface area contributed by atoms with Crippen LogP contribution in [0.15, 0.2) is 53.7 Å². The fraction of sp³-hybridized carbons (Fsp3) is 0.263. The summed E-state index contributed by atoms with van der Waals surface area (Å²) in [5.74, 6) is -0.667. The van der Waals surface area contributed by atoms with E-state index in [2.05, 4.69) is 15.1 Å². The first-order valence-corrected chi connectivity index (χ1v) is 9.62. The van der Waals surface area contributed by atoms with Gasteiger partial charge in [0, 0.05) is 24.4 Å². The highest BCUT2D eigenvalue weighted by Crippen LogP contribution is 2.30. The third kappa shape index (κ3) is 3.81. The summed E-state index contributed by atoms with van der Waals surface area (Å²) in [6.45, 7) is 2.74. The van der Waals surface area contributed by atoms with E-state index in [0.717, 1.165) is 30.8 Å². The molecule has 2 heterocycles. The van der Waals surface area contributed by atoms with Crippen LogP contribution in [0.3, 0.4) is 0 Å². The molecule has 0 spiro atoms. The summed E-state index contributed by atoms with van der Waals surface area (Å²) in [5.41, 5.74) is 1.22. The van der Waals surface area contributed by atoms with Gasteiger partial charge in [-0.1, -0.05) is 42.1 Å². The number of morpholine rings is 1. The minimum atomic E-state index is -0.841. The lowest BCUT2D eigenvalue weighted by Gasteiger charge is -2.27. The quantitative estimate of drug-likeness (QED) is 0.624. The molecule has 1 aliphatic heterocycles. The first kappa shape index (κ1) is 17.9. The Morgan fingerprint density at radius 1 is 0.963 bits per heavy atom. The first-order chi connectivity index (χ1) is 13.2. The Balaban J connectivity index is 1.66. The highest BCUT2D eigenvalue weighted by molar-refractivity contribution is 7.98. The molecule has 1 aliphatic rings. The molecule has 140 valence electrons. The van der Waals surface area contributed by atoms with E-state index in [1.54, 1.807) is 6.07 Å². The highest BCUT2D eigenvalue weighted by atomic mass is 32.2. The summed E-state index contributed by atoms with van der Waals surface area (Å²) in [6, 6.07) is 14.0. The fourth-order valence-corrected chi connectivity index (χ4v) is 3.85. The van der Waals surface area contributed by atoms with Gasteiger partial charge >= 0.3 is 0 Å². The van der Waals surface area contributed by atoms with Crippen LogP contribution in [0.2, 0.25) is 0 Å². The number of hydrogen-bond donors (Lipinski definition) is 0. The summed E-state index contributed by atoms with van der Waals surface area (Å²) in [4.78, 5) is 2.12. The predicted molar refractivity (Wildman–Crippen MR) is 100 cm³/mol. The topological polar surface area (TPSA) is 43.2 Å². The van der Waals surface area contributed by atoms with Crippen molar-refractivity contribution in [1.82, 2.24) is 14.8 Å². The van der Waals surface area contributed by atoms with Crippen LogP contribution in [0, 0.1) is 11.6 Å². The number of aromatic nitrogens is 3. The molecule has 2 aromatic carbocycles. The minimum absolute atomic E-state index is 0.262. The lowest BCUT2D eigenvalue weighted by atomic mass is 10.2. The van der Waals surface area contributed by atoms with E-state index in [1.165, 1.54) is 17.8 Å². The van der Waals surface area contributed by atoms with Crippen LogP contribution in [0.1, 0.15) is 5.56 Å². The summed E-state index contributed by atoms with van der Waals surface area (Å²) in [7, 11) is 0. The molecular formula is C19H18F2N4OS. The van der Waals surface area contributed by atoms with Crippen LogP contribution in [0.5, 0.6) is 0 Å². The summed E-state index contributed by atoms with van der Waals surface area (Å²) in [6.07, 6.45) is 0. The monoisotopic (exact) mass is 388 g/mol. The average Bonchev–Trinajstić information content (AvgIpc) is 3.14. The maximum Gasteiger partial charge on any atom is 0.232 e. The number of nitrogens with zero attached hydrogens (tertiary/aromatic N) is 4. The van der Waals surface area contributed by atoms with Crippen molar-refractivity contribution in [3.05, 3.63) is 65.7 Å². The summed E-state index contributed by atoms with van der Waals surface area (Å²) < 4.78 is 34.8. The average molecular weight is 388 g/mol. The van der Waals surface area contributed by atoms with E-state index >= 15 is 0 Å². The lowest BCUT2D eigenvalue weighted by Crippen LogP contribution is -2.37. The van der Waals surface area contributed by atoms with Crippen LogP contribution in [0.4, 0.5) is 14.7 Å². The van der Waals surface area contributed by atoms with Crippen LogP contribution >= 0.6 is 11.8 Å². The number of anilines is 1. The normalized spacial score (nSPS) is 14.5. The zero-order chi connectivity index (χ0) is 18.6. The van der Waals surface area contributed by atoms with Gasteiger partial charge in [0.25, 0.3) is 0 Å². The summed E-state index contributed by atoms with van der Waals surface area (Å²) in [5, 5.41) is 9.31. The second-order valence-electron chi connectivity index (χ2n) is 6.05. The van der Waals surface area contributed by atoms with E-state index in [9.17, 15) is 8.78 Å². The zero-order valence-electron chi connectivity index (χ0n) is 14.5. The highest BCUT2D eigenvalue weighted by Gasteiger charge is 2.22. The SMILES string of the molecule is Fc1cccc(CSc2nnc(N3CCOCC3)n2-c2ccccc2)c1F. The third-order valence-corrected chi connectivity index (χ3v) is 5.29. The second kappa shape index (κ2) is 8.06. The van der Waals surface area contributed by atoms with Gasteiger partial charge in [-0.3, -0.25) is 4.57 Å². The first-order valence-electron chi connectivity index (χ1n) is 8.63. The molecule has 3 aromatic rings. The van der Waals surface area contributed by atoms with E-state index in [-0.39, 0.29) is 5.75 Å². The van der Waals surface area contributed by atoms with Gasteiger partial charge in [-0.25, -0.2) is 8.78 Å². The standard InChI is InChI=1S/C19H18F2N4OS/c20-16-8-4-5-14(17(16)21)13-27-19-23-22-18(24-9-11-26-12-10-24)25(19)15-6-2-1-3-7-15/h1-8H,9-13H2. The lowest BCUT2D eigenvalue weighted by molar-refractivity contribution is 0.122. The summed E-state index contributed by atoms with van der Waals surface area (Å²) >= 11 is 1.33. The Kier molecular flexibility index (Phi) is 5.35. The smallest absolute Gasteiger partial charge is 0.232 e. The van der Waals surface area contributed by atoms with Gasteiger partial charge in [0.15, 0.2) is 16.8 Å². The van der Waals surface area contributed by atoms with Crippen molar-refractivity contribution < 1.29 is 13.5 Å². The van der Waals surface area contributed by atoms with E-state index in [0.29, 0.717) is 23.9 Å². The van der Waals surface area contributed by atoms with E-state index in [4.69, 9.17) is 4.74 Å². The van der Waals surface area contributed by atoms with Gasteiger partial charge in [-0.15, -0.1) is 10.2 Å². The molecule has 0 unspecified atom stereocenters. The molecular weight excluding hydrogens is 370 g/mol. The van der Waals surface area contributed by atoms with Crippen LogP contribution in [0.25, 0.3) is 5.69 Å². The predicted octanol–water partition coefficient (Wildman–Crippen LogP) is 3.67. The van der Waals surface area contributed by atoms with Gasteiger partial charge in [0.1, 0.15) is 0 Å². The van der Waals surface area contributed by atoms with Gasteiger partial charge in [-0.05, 0) is 18.2 Å². The van der Waals surface area contributed by atoms with Crippen molar-refractivity contribution in [3.8, 4) is 5.69 Å². The van der Waals surface area contributed by atoms with E-state index < -0.39 is 11.6 Å². The number of rotatable bonds is 5. The Morgan fingerprint density at radius 3 is 2.52 bits per heavy atom. The van der Waals surface area contributed by atoms with Crippen LogP contribution in [-0.4, -0.2) is 41.1 Å². The molecule has 0 aliphatic carbocycles. The van der Waals surface area contributed by atoms with Crippen molar-refractivity contribution in [2.75, 3.05) is 31.2 Å². The van der Waals surface area contributed by atoms with Gasteiger partial charge in [-0.2, -0.15) is 0 Å². The number of thioether (sulfide) groups is 1. The Morgan fingerprint density at radius 2 is 1.74 bits per heavy atom. The zero-order valence-corrected chi connectivity index (χ0v) is 15.3. The molecule has 0 bridgehead atoms. The maximum atomic E-state index is 14.0. The Labute approximate surface area is 160 Å². The number of halogens is 2. The molecule has 0 amide bonds. The largest absolute Gasteiger partial charge is 0.378 e. The van der Waals surface area contributed by atoms with Crippen molar-refractivity contribution in [3.63, 3.8) is 0 Å². The Hall–Kier alpha value is -2.45. The van der Waals surface area contributed by atoms with Gasteiger partial charge in [0.2, 0.25) is 5.95 Å². The molecule has 0 atom stereocenters. The van der Waals surface area contributed by atoms with Gasteiger partial charge < -0.3 is 9.64 Å². The van der Waals surface area contributed by atoms with E-state index in [1.807, 2.05) is 34.9 Å². The molecule has 1 fully saturated rings. The van der Waals surface area contributed by atoms with Crippen molar-refractivity contribution >= 4 is 17.7 Å². The molecule has 27 heavy (non-hydrogen) atoms. The van der Waals surface area contributed by atoms with Crippen molar-refractivity contribution in [2.45, 2.75) is 10.9 Å². The maximum absolute atomic E-state index is 14.0. The number of benzene rings is 2. The Bertz CT molecular complexity index is 913. The minimum Gasteiger partial charge on any atom is -0.378 e. The van der Waals surface area contributed by atoms with Crippen LogP contribution in [-0.2, 0) is 10.5 Å². The van der Waals surface area contributed by atoms with Crippen LogP contribution < -0.4 is 4.90 Å². The molecule has 1 aromatic heterocycles. The number of para-hydroxylation sites is 1. The number of hydrogen-bond acceptors (Lipinski definition) is 5.